The first-order valence-corrected chi connectivity index (χ1v) is 11.3. The van der Waals surface area contributed by atoms with Crippen LogP contribution in [0.25, 0.3) is 32.8 Å². The molecule has 1 saturated carbocycles. The summed E-state index contributed by atoms with van der Waals surface area (Å²) in [4.78, 5) is 0. The Morgan fingerprint density at radius 3 is 2.33 bits per heavy atom. The highest BCUT2D eigenvalue weighted by molar-refractivity contribution is 6.11. The van der Waals surface area contributed by atoms with Gasteiger partial charge in [0.05, 0.1) is 12.3 Å². The average molecular weight is 396 g/mol. The van der Waals surface area contributed by atoms with Gasteiger partial charge < -0.3 is 0 Å². The molecule has 3 aromatic carbocycles. The van der Waals surface area contributed by atoms with Gasteiger partial charge in [0.2, 0.25) is 5.69 Å². The van der Waals surface area contributed by atoms with Crippen molar-refractivity contribution in [2.75, 3.05) is 0 Å². The van der Waals surface area contributed by atoms with E-state index < -0.39 is 0 Å². The van der Waals surface area contributed by atoms with Crippen LogP contribution in [0, 0.1) is 27.7 Å². The summed E-state index contributed by atoms with van der Waals surface area (Å²) in [5.74, 6) is 0.689. The van der Waals surface area contributed by atoms with Gasteiger partial charge in [-0.25, -0.2) is 0 Å². The monoisotopic (exact) mass is 395 g/mol. The molecular weight excluding hydrogens is 362 g/mol. The molecule has 0 spiro atoms. The van der Waals surface area contributed by atoms with E-state index in [9.17, 15) is 0 Å². The lowest BCUT2D eigenvalue weighted by Crippen LogP contribution is -2.35. The van der Waals surface area contributed by atoms with Crippen molar-refractivity contribution < 1.29 is 5.94 Å². The van der Waals surface area contributed by atoms with Crippen molar-refractivity contribution in [2.24, 2.45) is 7.05 Å². The fourth-order valence-corrected chi connectivity index (χ4v) is 5.41. The Morgan fingerprint density at radius 1 is 0.833 bits per heavy atom. The number of fused-ring (bicyclic) bond motifs is 3. The third-order valence-electron chi connectivity index (χ3n) is 7.45. The van der Waals surface area contributed by atoms with Gasteiger partial charge in [0.1, 0.15) is 7.05 Å². The minimum absolute atomic E-state index is 0.638. The molecule has 0 aliphatic heterocycles. The van der Waals surface area contributed by atoms with Crippen molar-refractivity contribution in [3.8, 4) is 11.3 Å². The largest absolute Gasteiger partial charge is 0.220 e. The molecule has 0 saturated heterocycles. The Bertz CT molecular complexity index is 1340. The third-order valence-corrected chi connectivity index (χ3v) is 7.45. The maximum absolute atomic E-state index is 8.99. The van der Waals surface area contributed by atoms with Gasteiger partial charge in [-0.3, -0.25) is 0 Å². The first-order valence-electron chi connectivity index (χ1n) is 11.8. The molecule has 30 heavy (non-hydrogen) atoms. The van der Waals surface area contributed by atoms with Crippen LogP contribution in [0.2, 0.25) is 0 Å². The SMILES string of the molecule is [2H]c1c(C)[n+](C)c(-c2cc(C3CCCC3)cc(C)c2C)c2ccc3c(C)cccc3c12. The Balaban J connectivity index is 1.90. The molecule has 0 bridgehead atoms. The van der Waals surface area contributed by atoms with Crippen molar-refractivity contribution in [1.29, 1.82) is 0 Å². The van der Waals surface area contributed by atoms with E-state index in [2.05, 4.69) is 81.8 Å². The number of hydrogen-bond acceptors (Lipinski definition) is 0. The third kappa shape index (κ3) is 2.95. The minimum Gasteiger partial charge on any atom is -0.198 e. The molecule has 0 N–H and O–H groups in total. The van der Waals surface area contributed by atoms with E-state index in [0.717, 1.165) is 11.1 Å². The predicted octanol–water partition coefficient (Wildman–Crippen LogP) is 7.38. The van der Waals surface area contributed by atoms with Gasteiger partial charge in [-0.2, -0.15) is 4.57 Å². The van der Waals surface area contributed by atoms with Gasteiger partial charge in [-0.05, 0) is 84.7 Å². The second-order valence-corrected chi connectivity index (χ2v) is 9.27. The standard InChI is InChI=1S/C29H32N/c1-18-9-8-12-25-24(18)13-14-26-28(25)16-20(3)30(5)29(26)27-17-23(15-19(2)21(27)4)22-10-6-7-11-22/h8-9,12-17,22H,6-7,10-11H2,1-5H3/q+1/i16D. The summed E-state index contributed by atoms with van der Waals surface area (Å²) in [6.45, 7) is 8.75. The van der Waals surface area contributed by atoms with Crippen LogP contribution >= 0.6 is 0 Å². The number of benzene rings is 3. The van der Waals surface area contributed by atoms with E-state index >= 15 is 0 Å². The van der Waals surface area contributed by atoms with Gasteiger partial charge in [0.25, 0.3) is 0 Å². The van der Waals surface area contributed by atoms with E-state index in [4.69, 9.17) is 1.37 Å². The average Bonchev–Trinajstić information content (AvgIpc) is 3.29. The Morgan fingerprint density at radius 2 is 1.57 bits per heavy atom. The van der Waals surface area contributed by atoms with Crippen LogP contribution in [0.1, 0.15) is 60.9 Å². The Labute approximate surface area is 181 Å². The van der Waals surface area contributed by atoms with Crippen molar-refractivity contribution >= 4 is 21.5 Å². The zero-order valence-electron chi connectivity index (χ0n) is 19.9. The van der Waals surface area contributed by atoms with E-state index in [0.29, 0.717) is 12.0 Å². The Kier molecular flexibility index (Phi) is 4.37. The molecule has 5 rings (SSSR count). The summed E-state index contributed by atoms with van der Waals surface area (Å²) < 4.78 is 11.2. The molecule has 4 aromatic rings. The van der Waals surface area contributed by atoms with E-state index in [1.807, 2.05) is 0 Å². The number of rotatable bonds is 2. The molecule has 1 aliphatic carbocycles. The van der Waals surface area contributed by atoms with Gasteiger partial charge in [-0.1, -0.05) is 43.2 Å². The van der Waals surface area contributed by atoms with Crippen LogP contribution in [0.5, 0.6) is 0 Å². The maximum atomic E-state index is 8.99. The number of aryl methyl sites for hydroxylation is 2. The number of aromatic nitrogens is 1. The summed E-state index contributed by atoms with van der Waals surface area (Å²) in [6.07, 6.45) is 5.32. The Hall–Kier alpha value is -2.67. The molecule has 1 heteroatoms. The molecule has 152 valence electrons. The molecule has 0 radical (unpaired) electrons. The lowest BCUT2D eigenvalue weighted by atomic mass is 9.88. The first-order chi connectivity index (χ1) is 14.9. The van der Waals surface area contributed by atoms with Crippen LogP contribution in [0.3, 0.4) is 0 Å². The highest BCUT2D eigenvalue weighted by atomic mass is 14.9. The van der Waals surface area contributed by atoms with Crippen molar-refractivity contribution in [1.82, 2.24) is 0 Å². The molecule has 0 atom stereocenters. The molecule has 0 unspecified atom stereocenters. The molecule has 1 heterocycles. The molecule has 1 nitrogen and oxygen atoms in total. The fraction of sp³-hybridized carbons (Fsp3) is 0.345. The van der Waals surface area contributed by atoms with Crippen LogP contribution in [0.15, 0.2) is 48.5 Å². The molecule has 1 fully saturated rings. The van der Waals surface area contributed by atoms with Gasteiger partial charge in [-0.15, -0.1) is 0 Å². The maximum Gasteiger partial charge on any atom is 0.220 e. The normalized spacial score (nSPS) is 15.3. The van der Waals surface area contributed by atoms with Crippen molar-refractivity contribution in [3.05, 3.63) is 76.5 Å². The quantitative estimate of drug-likeness (QED) is 0.246. The van der Waals surface area contributed by atoms with Crippen molar-refractivity contribution in [3.63, 3.8) is 0 Å². The first kappa shape index (κ1) is 18.1. The van der Waals surface area contributed by atoms with Gasteiger partial charge in [0.15, 0.2) is 5.69 Å². The van der Waals surface area contributed by atoms with Crippen LogP contribution < -0.4 is 4.57 Å². The van der Waals surface area contributed by atoms with Crippen molar-refractivity contribution in [2.45, 2.75) is 59.3 Å². The second-order valence-electron chi connectivity index (χ2n) is 9.27. The smallest absolute Gasteiger partial charge is 0.198 e. The molecule has 0 amide bonds. The van der Waals surface area contributed by atoms with Crippen LogP contribution in [0.4, 0.5) is 0 Å². The number of nitrogens with zero attached hydrogens (tertiary/aromatic N) is 1. The summed E-state index contributed by atoms with van der Waals surface area (Å²) in [7, 11) is 2.12. The lowest BCUT2D eigenvalue weighted by Gasteiger charge is -2.17. The molecular formula is C29H32N+. The minimum atomic E-state index is 0.638. The highest BCUT2D eigenvalue weighted by Crippen LogP contribution is 2.39. The zero-order valence-corrected chi connectivity index (χ0v) is 18.9. The summed E-state index contributed by atoms with van der Waals surface area (Å²) in [5, 5.41) is 4.70. The summed E-state index contributed by atoms with van der Waals surface area (Å²) in [6, 6.07) is 16.5. The molecule has 1 aliphatic rings. The summed E-state index contributed by atoms with van der Waals surface area (Å²) in [5.41, 5.74) is 9.06. The number of pyridine rings is 1. The highest BCUT2D eigenvalue weighted by Gasteiger charge is 2.24. The van der Waals surface area contributed by atoms with E-state index in [1.54, 1.807) is 0 Å². The van der Waals surface area contributed by atoms with E-state index in [-0.39, 0.29) is 0 Å². The van der Waals surface area contributed by atoms with Crippen LogP contribution in [-0.2, 0) is 7.05 Å². The number of hydrogen-bond donors (Lipinski definition) is 0. The van der Waals surface area contributed by atoms with Gasteiger partial charge in [0, 0.05) is 18.4 Å². The topological polar surface area (TPSA) is 3.88 Å². The molecule has 1 aromatic heterocycles. The second kappa shape index (κ2) is 7.23. The van der Waals surface area contributed by atoms with Gasteiger partial charge >= 0.3 is 0 Å². The lowest BCUT2D eigenvalue weighted by molar-refractivity contribution is -0.665. The van der Waals surface area contributed by atoms with E-state index in [1.165, 1.54) is 75.4 Å². The summed E-state index contributed by atoms with van der Waals surface area (Å²) >= 11 is 0. The fourth-order valence-electron chi connectivity index (χ4n) is 5.41. The predicted molar refractivity (Wildman–Crippen MR) is 128 cm³/mol. The zero-order chi connectivity index (χ0) is 21.9. The van der Waals surface area contributed by atoms with Crippen LogP contribution in [-0.4, -0.2) is 0 Å².